The van der Waals surface area contributed by atoms with Crippen LogP contribution >= 0.6 is 0 Å². The van der Waals surface area contributed by atoms with Crippen LogP contribution in [0.1, 0.15) is 45.6 Å². The fourth-order valence-corrected chi connectivity index (χ4v) is 4.44. The third-order valence-corrected chi connectivity index (χ3v) is 5.50. The van der Waals surface area contributed by atoms with Crippen molar-refractivity contribution in [1.29, 1.82) is 0 Å². The van der Waals surface area contributed by atoms with Crippen LogP contribution in [0, 0.1) is 11.3 Å². The first-order valence-electron chi connectivity index (χ1n) is 9.85. The number of hydrogen-bond donors (Lipinski definition) is 1. The van der Waals surface area contributed by atoms with Gasteiger partial charge in [-0.25, -0.2) is 4.79 Å². The number of ether oxygens (including phenoxy) is 3. The summed E-state index contributed by atoms with van der Waals surface area (Å²) in [5.74, 6) is -0.289. The minimum Gasteiger partial charge on any atom is -0.493 e. The van der Waals surface area contributed by atoms with Gasteiger partial charge in [-0.15, -0.1) is 0 Å². The van der Waals surface area contributed by atoms with Crippen LogP contribution in [0.15, 0.2) is 41.2 Å². The van der Waals surface area contributed by atoms with Gasteiger partial charge in [-0.1, -0.05) is 32.1 Å². The summed E-state index contributed by atoms with van der Waals surface area (Å²) in [6.07, 6.45) is 2.50. The molecule has 1 heterocycles. The monoisotopic (exact) mass is 399 g/mol. The fraction of sp³-hybridized carbons (Fsp3) is 0.478. The van der Waals surface area contributed by atoms with Crippen molar-refractivity contribution >= 4 is 11.8 Å². The molecule has 1 aliphatic heterocycles. The largest absolute Gasteiger partial charge is 0.493 e. The number of allylic oxidation sites excluding steroid dienone is 3. The Kier molecular flexibility index (Phi) is 5.73. The van der Waals surface area contributed by atoms with Gasteiger partial charge < -0.3 is 19.5 Å². The van der Waals surface area contributed by atoms with E-state index in [1.54, 1.807) is 27.2 Å². The zero-order valence-electron chi connectivity index (χ0n) is 17.9. The molecule has 0 fully saturated rings. The van der Waals surface area contributed by atoms with Crippen molar-refractivity contribution < 1.29 is 23.8 Å². The molecule has 2 aliphatic rings. The van der Waals surface area contributed by atoms with Crippen LogP contribution in [0.5, 0.6) is 11.5 Å². The SMILES string of the molecule is CCOC(=O)C1=C(C)NC2=CC(C)(C)CC(=O)C2C1c1cccc(OC)c1OC. The van der Waals surface area contributed by atoms with Gasteiger partial charge in [-0.3, -0.25) is 4.79 Å². The Labute approximate surface area is 171 Å². The highest BCUT2D eigenvalue weighted by molar-refractivity contribution is 5.96. The Balaban J connectivity index is 2.28. The Hall–Kier alpha value is -2.76. The summed E-state index contributed by atoms with van der Waals surface area (Å²) in [6, 6.07) is 5.53. The molecular weight excluding hydrogens is 370 g/mol. The average Bonchev–Trinajstić information content (AvgIpc) is 2.65. The zero-order valence-corrected chi connectivity index (χ0v) is 17.9. The van der Waals surface area contributed by atoms with Crippen molar-refractivity contribution in [2.75, 3.05) is 20.8 Å². The Morgan fingerprint density at radius 1 is 1.21 bits per heavy atom. The third-order valence-electron chi connectivity index (χ3n) is 5.50. The summed E-state index contributed by atoms with van der Waals surface area (Å²) >= 11 is 0. The molecule has 6 nitrogen and oxygen atoms in total. The summed E-state index contributed by atoms with van der Waals surface area (Å²) < 4.78 is 16.5. The van der Waals surface area contributed by atoms with Gasteiger partial charge in [-0.05, 0) is 25.3 Å². The van der Waals surface area contributed by atoms with Crippen LogP contribution in [0.25, 0.3) is 0 Å². The third kappa shape index (κ3) is 3.76. The maximum atomic E-state index is 13.3. The smallest absolute Gasteiger partial charge is 0.336 e. The fourth-order valence-electron chi connectivity index (χ4n) is 4.44. The lowest BCUT2D eigenvalue weighted by Crippen LogP contribution is -2.43. The minimum absolute atomic E-state index is 0.0872. The van der Waals surface area contributed by atoms with Crippen LogP contribution < -0.4 is 14.8 Å². The molecule has 0 saturated heterocycles. The normalized spacial score (nSPS) is 23.0. The van der Waals surface area contributed by atoms with Gasteiger partial charge in [-0.2, -0.15) is 0 Å². The van der Waals surface area contributed by atoms with Gasteiger partial charge in [0.05, 0.1) is 32.3 Å². The van der Waals surface area contributed by atoms with E-state index in [0.717, 1.165) is 11.3 Å². The number of hydrogen-bond acceptors (Lipinski definition) is 6. The van der Waals surface area contributed by atoms with E-state index >= 15 is 0 Å². The minimum atomic E-state index is -0.518. The lowest BCUT2D eigenvalue weighted by Gasteiger charge is -2.41. The van der Waals surface area contributed by atoms with Crippen LogP contribution in [0.4, 0.5) is 0 Å². The maximum Gasteiger partial charge on any atom is 0.336 e. The molecule has 0 aromatic heterocycles. The predicted octanol–water partition coefficient (Wildman–Crippen LogP) is 3.73. The number of para-hydroxylation sites is 1. The molecule has 3 rings (SSSR count). The number of rotatable bonds is 5. The van der Waals surface area contributed by atoms with Gasteiger partial charge >= 0.3 is 5.97 Å². The molecule has 0 amide bonds. The molecule has 1 N–H and O–H groups in total. The van der Waals surface area contributed by atoms with Crippen molar-refractivity contribution in [1.82, 2.24) is 5.32 Å². The predicted molar refractivity (Wildman–Crippen MR) is 110 cm³/mol. The molecule has 2 unspecified atom stereocenters. The van der Waals surface area contributed by atoms with E-state index in [9.17, 15) is 9.59 Å². The number of benzene rings is 1. The van der Waals surface area contributed by atoms with Crippen LogP contribution in [-0.2, 0) is 14.3 Å². The van der Waals surface area contributed by atoms with Crippen molar-refractivity contribution in [2.45, 2.75) is 40.0 Å². The summed E-state index contributed by atoms with van der Waals surface area (Å²) in [5, 5.41) is 3.31. The van der Waals surface area contributed by atoms with E-state index in [1.165, 1.54) is 0 Å². The number of Topliss-reactive ketones (excluding diaryl/α,β-unsaturated/α-hetero) is 1. The number of esters is 1. The van der Waals surface area contributed by atoms with E-state index in [2.05, 4.69) is 11.4 Å². The van der Waals surface area contributed by atoms with Crippen molar-refractivity contribution in [2.24, 2.45) is 11.3 Å². The second kappa shape index (κ2) is 7.93. The van der Waals surface area contributed by atoms with Crippen molar-refractivity contribution in [3.8, 4) is 11.5 Å². The molecule has 2 atom stereocenters. The van der Waals surface area contributed by atoms with Gasteiger partial charge in [0.1, 0.15) is 5.78 Å². The lowest BCUT2D eigenvalue weighted by atomic mass is 9.66. The average molecular weight is 399 g/mol. The molecule has 6 heteroatoms. The molecule has 1 aromatic carbocycles. The quantitative estimate of drug-likeness (QED) is 0.761. The summed E-state index contributed by atoms with van der Waals surface area (Å²) in [7, 11) is 3.13. The molecule has 156 valence electrons. The molecule has 0 bridgehead atoms. The van der Waals surface area contributed by atoms with Crippen LogP contribution in [-0.4, -0.2) is 32.6 Å². The number of ketones is 1. The topological polar surface area (TPSA) is 73.9 Å². The highest BCUT2D eigenvalue weighted by Crippen LogP contribution is 2.50. The van der Waals surface area contributed by atoms with Crippen molar-refractivity contribution in [3.63, 3.8) is 0 Å². The number of methoxy groups -OCH3 is 2. The maximum absolute atomic E-state index is 13.3. The van der Waals surface area contributed by atoms with E-state index in [1.807, 2.05) is 32.9 Å². The highest BCUT2D eigenvalue weighted by atomic mass is 16.5. The Morgan fingerprint density at radius 3 is 2.55 bits per heavy atom. The van der Waals surface area contributed by atoms with E-state index in [4.69, 9.17) is 14.2 Å². The van der Waals surface area contributed by atoms with Gasteiger partial charge in [0.25, 0.3) is 0 Å². The number of carbonyl (C=O) groups excluding carboxylic acids is 2. The van der Waals surface area contributed by atoms with E-state index < -0.39 is 17.8 Å². The highest BCUT2D eigenvalue weighted by Gasteiger charge is 2.47. The van der Waals surface area contributed by atoms with E-state index in [0.29, 0.717) is 29.2 Å². The van der Waals surface area contributed by atoms with E-state index in [-0.39, 0.29) is 17.8 Å². The first-order chi connectivity index (χ1) is 13.7. The Morgan fingerprint density at radius 2 is 1.93 bits per heavy atom. The van der Waals surface area contributed by atoms with Gasteiger partial charge in [0.15, 0.2) is 11.5 Å². The van der Waals surface area contributed by atoms with Gasteiger partial charge in [0, 0.05) is 29.3 Å². The standard InChI is InChI=1S/C23H29NO5/c1-7-29-22(26)18-13(2)24-15-11-23(3,4)12-16(25)20(15)19(18)14-9-8-10-17(27-5)21(14)28-6/h8-11,19-20,24H,7,12H2,1-6H3. The second-order valence-corrected chi connectivity index (χ2v) is 8.15. The van der Waals surface area contributed by atoms with Crippen molar-refractivity contribution in [3.05, 3.63) is 46.8 Å². The van der Waals surface area contributed by atoms with Crippen LogP contribution in [0.2, 0.25) is 0 Å². The Bertz CT molecular complexity index is 897. The van der Waals surface area contributed by atoms with Crippen LogP contribution in [0.3, 0.4) is 0 Å². The molecule has 0 saturated carbocycles. The summed E-state index contributed by atoms with van der Waals surface area (Å²) in [6.45, 7) is 7.94. The second-order valence-electron chi connectivity index (χ2n) is 8.15. The molecule has 29 heavy (non-hydrogen) atoms. The molecule has 1 aliphatic carbocycles. The number of fused-ring (bicyclic) bond motifs is 1. The molecule has 0 radical (unpaired) electrons. The molecule has 0 spiro atoms. The molecule has 1 aromatic rings. The van der Waals surface area contributed by atoms with Gasteiger partial charge in [0.2, 0.25) is 0 Å². The zero-order chi connectivity index (χ0) is 21.3. The summed E-state index contributed by atoms with van der Waals surface area (Å²) in [5.41, 5.74) is 2.45. The first-order valence-corrected chi connectivity index (χ1v) is 9.85. The number of nitrogens with one attached hydrogen (secondary N) is 1. The molecular formula is C23H29NO5. The summed E-state index contributed by atoms with van der Waals surface area (Å²) in [4.78, 5) is 26.2. The lowest BCUT2D eigenvalue weighted by molar-refractivity contribution is -0.139. The number of carbonyl (C=O) groups is 2. The first kappa shape index (κ1) is 21.0.